The van der Waals surface area contributed by atoms with Crippen LogP contribution in [0, 0.1) is 5.92 Å². The predicted molar refractivity (Wildman–Crippen MR) is 86.9 cm³/mol. The Kier molecular flexibility index (Phi) is 7.54. The van der Waals surface area contributed by atoms with Crippen LogP contribution in [0.4, 0.5) is 0 Å². The molecule has 0 bridgehead atoms. The van der Waals surface area contributed by atoms with E-state index in [0.717, 1.165) is 30.8 Å². The Balaban J connectivity index is 0.00000220. The van der Waals surface area contributed by atoms with Gasteiger partial charge in [0.25, 0.3) is 0 Å². The highest BCUT2D eigenvalue weighted by atomic mass is 35.5. The summed E-state index contributed by atoms with van der Waals surface area (Å²) in [5, 5.41) is 3.34. The van der Waals surface area contributed by atoms with Crippen molar-refractivity contribution in [3.63, 3.8) is 0 Å². The van der Waals surface area contributed by atoms with Crippen molar-refractivity contribution in [3.8, 4) is 5.75 Å². The molecule has 118 valence electrons. The third-order valence-electron chi connectivity index (χ3n) is 3.91. The SMILES string of the molecule is COc1cccc(CN(C)C(=O)CCC2CCNC2)c1.Cl. The van der Waals surface area contributed by atoms with E-state index in [2.05, 4.69) is 5.32 Å². The van der Waals surface area contributed by atoms with Crippen LogP contribution in [0.3, 0.4) is 0 Å². The van der Waals surface area contributed by atoms with E-state index in [0.29, 0.717) is 18.9 Å². The third-order valence-corrected chi connectivity index (χ3v) is 3.91. The maximum Gasteiger partial charge on any atom is 0.222 e. The Morgan fingerprint density at radius 2 is 2.29 bits per heavy atom. The van der Waals surface area contributed by atoms with Gasteiger partial charge in [0.15, 0.2) is 0 Å². The highest BCUT2D eigenvalue weighted by Crippen LogP contribution is 2.17. The first-order valence-corrected chi connectivity index (χ1v) is 7.26. The molecule has 21 heavy (non-hydrogen) atoms. The van der Waals surface area contributed by atoms with Gasteiger partial charge in [-0.3, -0.25) is 4.79 Å². The molecule has 4 nitrogen and oxygen atoms in total. The number of methoxy groups -OCH3 is 1. The van der Waals surface area contributed by atoms with E-state index >= 15 is 0 Å². The predicted octanol–water partition coefficient (Wildman–Crippen LogP) is 2.47. The Hall–Kier alpha value is -1.26. The number of rotatable bonds is 6. The van der Waals surface area contributed by atoms with Crippen LogP contribution in [0.25, 0.3) is 0 Å². The van der Waals surface area contributed by atoms with Crippen molar-refractivity contribution in [3.05, 3.63) is 29.8 Å². The largest absolute Gasteiger partial charge is 0.497 e. The molecule has 1 atom stereocenters. The van der Waals surface area contributed by atoms with Gasteiger partial charge in [0.05, 0.1) is 7.11 Å². The van der Waals surface area contributed by atoms with E-state index in [9.17, 15) is 4.79 Å². The number of carbonyl (C=O) groups excluding carboxylic acids is 1. The second kappa shape index (κ2) is 8.90. The molecule has 1 saturated heterocycles. The first-order chi connectivity index (χ1) is 9.69. The van der Waals surface area contributed by atoms with Crippen molar-refractivity contribution in [1.29, 1.82) is 0 Å². The van der Waals surface area contributed by atoms with Crippen LogP contribution in [0.1, 0.15) is 24.8 Å². The van der Waals surface area contributed by atoms with Crippen LogP contribution < -0.4 is 10.1 Å². The molecule has 1 heterocycles. The summed E-state index contributed by atoms with van der Waals surface area (Å²) in [4.78, 5) is 13.9. The van der Waals surface area contributed by atoms with Gasteiger partial charge in [0.2, 0.25) is 5.91 Å². The highest BCUT2D eigenvalue weighted by molar-refractivity contribution is 5.85. The van der Waals surface area contributed by atoms with Gasteiger partial charge in [-0.15, -0.1) is 12.4 Å². The first kappa shape index (κ1) is 17.8. The number of benzene rings is 1. The number of amides is 1. The molecular weight excluding hydrogens is 288 g/mol. The summed E-state index contributed by atoms with van der Waals surface area (Å²) < 4.78 is 5.20. The molecule has 1 amide bonds. The second-order valence-electron chi connectivity index (χ2n) is 5.50. The van der Waals surface area contributed by atoms with Gasteiger partial charge < -0.3 is 15.0 Å². The summed E-state index contributed by atoms with van der Waals surface area (Å²) in [6.45, 7) is 2.80. The second-order valence-corrected chi connectivity index (χ2v) is 5.50. The molecular formula is C16H25ClN2O2. The van der Waals surface area contributed by atoms with Crippen LogP contribution in [-0.2, 0) is 11.3 Å². The van der Waals surface area contributed by atoms with E-state index in [1.54, 1.807) is 12.0 Å². The summed E-state index contributed by atoms with van der Waals surface area (Å²) in [6.07, 6.45) is 2.84. The summed E-state index contributed by atoms with van der Waals surface area (Å²) in [6, 6.07) is 7.87. The Morgan fingerprint density at radius 3 is 2.95 bits per heavy atom. The number of hydrogen-bond donors (Lipinski definition) is 1. The smallest absolute Gasteiger partial charge is 0.222 e. The zero-order valence-electron chi connectivity index (χ0n) is 12.8. The lowest BCUT2D eigenvalue weighted by Crippen LogP contribution is -2.26. The zero-order chi connectivity index (χ0) is 14.4. The van der Waals surface area contributed by atoms with Crippen LogP contribution in [0.2, 0.25) is 0 Å². The number of carbonyl (C=O) groups is 1. The fraction of sp³-hybridized carbons (Fsp3) is 0.562. The quantitative estimate of drug-likeness (QED) is 0.877. The van der Waals surface area contributed by atoms with Crippen LogP contribution in [0.15, 0.2) is 24.3 Å². The van der Waals surface area contributed by atoms with Crippen LogP contribution >= 0.6 is 12.4 Å². The minimum Gasteiger partial charge on any atom is -0.497 e. The maximum absolute atomic E-state index is 12.1. The molecule has 1 N–H and O–H groups in total. The number of ether oxygens (including phenoxy) is 1. The number of nitrogens with zero attached hydrogens (tertiary/aromatic N) is 1. The molecule has 0 aliphatic carbocycles. The Labute approximate surface area is 133 Å². The molecule has 0 spiro atoms. The van der Waals surface area contributed by atoms with Gasteiger partial charge in [-0.25, -0.2) is 0 Å². The van der Waals surface area contributed by atoms with Gasteiger partial charge in [-0.05, 0) is 49.5 Å². The standard InChI is InChI=1S/C16H24N2O2.ClH/c1-18(12-14-4-3-5-15(10-14)20-2)16(19)7-6-13-8-9-17-11-13;/h3-5,10,13,17H,6-9,11-12H2,1-2H3;1H. The fourth-order valence-corrected chi connectivity index (χ4v) is 2.61. The van der Waals surface area contributed by atoms with Gasteiger partial charge in [0, 0.05) is 20.0 Å². The molecule has 0 aromatic heterocycles. The molecule has 2 rings (SSSR count). The van der Waals surface area contributed by atoms with Crippen LogP contribution in [0.5, 0.6) is 5.75 Å². The van der Waals surface area contributed by atoms with E-state index in [1.807, 2.05) is 31.3 Å². The van der Waals surface area contributed by atoms with Crippen molar-refractivity contribution < 1.29 is 9.53 Å². The van der Waals surface area contributed by atoms with Crippen molar-refractivity contribution in [2.45, 2.75) is 25.8 Å². The third kappa shape index (κ3) is 5.56. The topological polar surface area (TPSA) is 41.6 Å². The number of nitrogens with one attached hydrogen (secondary N) is 1. The molecule has 1 aromatic carbocycles. The van der Waals surface area contributed by atoms with Gasteiger partial charge in [0.1, 0.15) is 5.75 Å². The number of halogens is 1. The maximum atomic E-state index is 12.1. The van der Waals surface area contributed by atoms with E-state index < -0.39 is 0 Å². The normalized spacial score (nSPS) is 17.1. The molecule has 0 saturated carbocycles. The minimum absolute atomic E-state index is 0. The lowest BCUT2D eigenvalue weighted by molar-refractivity contribution is -0.130. The summed E-state index contributed by atoms with van der Waals surface area (Å²) >= 11 is 0. The lowest BCUT2D eigenvalue weighted by Gasteiger charge is -2.18. The van der Waals surface area contributed by atoms with E-state index in [1.165, 1.54) is 6.42 Å². The van der Waals surface area contributed by atoms with Crippen molar-refractivity contribution in [1.82, 2.24) is 10.2 Å². The van der Waals surface area contributed by atoms with Gasteiger partial charge in [-0.1, -0.05) is 12.1 Å². The zero-order valence-corrected chi connectivity index (χ0v) is 13.6. The molecule has 1 aromatic rings. The fourth-order valence-electron chi connectivity index (χ4n) is 2.61. The lowest BCUT2D eigenvalue weighted by atomic mass is 10.0. The van der Waals surface area contributed by atoms with Crippen molar-refractivity contribution in [2.75, 3.05) is 27.2 Å². The summed E-state index contributed by atoms with van der Waals surface area (Å²) in [5.74, 6) is 1.73. The van der Waals surface area contributed by atoms with E-state index in [4.69, 9.17) is 4.74 Å². The molecule has 1 aliphatic heterocycles. The summed E-state index contributed by atoms with van der Waals surface area (Å²) in [5.41, 5.74) is 1.10. The average Bonchev–Trinajstić information content (AvgIpc) is 2.98. The molecule has 5 heteroatoms. The van der Waals surface area contributed by atoms with Crippen molar-refractivity contribution in [2.24, 2.45) is 5.92 Å². The molecule has 1 fully saturated rings. The molecule has 1 unspecified atom stereocenters. The monoisotopic (exact) mass is 312 g/mol. The first-order valence-electron chi connectivity index (χ1n) is 7.26. The highest BCUT2D eigenvalue weighted by Gasteiger charge is 2.17. The van der Waals surface area contributed by atoms with Gasteiger partial charge in [-0.2, -0.15) is 0 Å². The minimum atomic E-state index is 0. The molecule has 1 aliphatic rings. The van der Waals surface area contributed by atoms with Crippen molar-refractivity contribution >= 4 is 18.3 Å². The van der Waals surface area contributed by atoms with E-state index in [-0.39, 0.29) is 18.3 Å². The number of hydrogen-bond acceptors (Lipinski definition) is 3. The molecule has 0 radical (unpaired) electrons. The van der Waals surface area contributed by atoms with Gasteiger partial charge >= 0.3 is 0 Å². The Morgan fingerprint density at radius 1 is 1.48 bits per heavy atom. The summed E-state index contributed by atoms with van der Waals surface area (Å²) in [7, 11) is 3.53. The van der Waals surface area contributed by atoms with Crippen LogP contribution in [-0.4, -0.2) is 38.1 Å². The average molecular weight is 313 g/mol. The Bertz CT molecular complexity index is 448.